The topological polar surface area (TPSA) is 88.3 Å². The maximum atomic E-state index is 10.3. The molecule has 0 N–H and O–H groups in total. The van der Waals surface area contributed by atoms with Crippen molar-refractivity contribution in [2.75, 3.05) is 7.11 Å². The summed E-state index contributed by atoms with van der Waals surface area (Å²) in [5.74, 6) is 0.301. The number of methoxy groups -OCH3 is 1. The van der Waals surface area contributed by atoms with Gasteiger partial charge in [0.1, 0.15) is 5.75 Å². The first-order valence-electron chi connectivity index (χ1n) is 5.36. The molecule has 0 saturated carbocycles. The van der Waals surface area contributed by atoms with Crippen LogP contribution in [0.5, 0.6) is 5.75 Å². The SMILES string of the molecule is COc1ccc(-c2noc(CCC(=O)[O-])n2)cc1.[Na+]. The second kappa shape index (κ2) is 7.28. The van der Waals surface area contributed by atoms with Crippen LogP contribution >= 0.6 is 0 Å². The van der Waals surface area contributed by atoms with Gasteiger partial charge in [0.25, 0.3) is 0 Å². The number of benzene rings is 1. The van der Waals surface area contributed by atoms with E-state index >= 15 is 0 Å². The van der Waals surface area contributed by atoms with Crippen LogP contribution in [0.25, 0.3) is 11.4 Å². The van der Waals surface area contributed by atoms with Crippen molar-refractivity contribution < 1.29 is 48.7 Å². The van der Waals surface area contributed by atoms with Crippen LogP contribution in [0.4, 0.5) is 0 Å². The van der Waals surface area contributed by atoms with Crippen LogP contribution in [0.3, 0.4) is 0 Å². The van der Waals surface area contributed by atoms with Crippen molar-refractivity contribution in [3.8, 4) is 17.1 Å². The van der Waals surface area contributed by atoms with E-state index in [-0.39, 0.29) is 48.3 Å². The third kappa shape index (κ3) is 4.34. The van der Waals surface area contributed by atoms with Crippen LogP contribution in [-0.4, -0.2) is 23.2 Å². The summed E-state index contributed by atoms with van der Waals surface area (Å²) in [6, 6.07) is 7.16. The van der Waals surface area contributed by atoms with Crippen LogP contribution in [-0.2, 0) is 11.2 Å². The molecule has 1 heterocycles. The van der Waals surface area contributed by atoms with Gasteiger partial charge in [-0.2, -0.15) is 4.98 Å². The molecule has 6 nitrogen and oxygen atoms in total. The van der Waals surface area contributed by atoms with E-state index in [4.69, 9.17) is 9.26 Å². The second-order valence-corrected chi connectivity index (χ2v) is 3.61. The van der Waals surface area contributed by atoms with Gasteiger partial charge in [-0.25, -0.2) is 0 Å². The van der Waals surface area contributed by atoms with E-state index in [2.05, 4.69) is 10.1 Å². The number of carboxylic acid groups (broad SMARTS) is 1. The zero-order valence-corrected chi connectivity index (χ0v) is 12.8. The average Bonchev–Trinajstić information content (AvgIpc) is 2.85. The van der Waals surface area contributed by atoms with Gasteiger partial charge in [0, 0.05) is 18.0 Å². The first kappa shape index (κ1) is 15.7. The number of carbonyl (C=O) groups is 1. The summed E-state index contributed by atoms with van der Waals surface area (Å²) in [6.07, 6.45) is 0.0374. The van der Waals surface area contributed by atoms with Crippen LogP contribution in [0.2, 0.25) is 0 Å². The molecule has 0 aliphatic heterocycles. The normalized spacial score (nSPS) is 9.74. The first-order chi connectivity index (χ1) is 8.69. The van der Waals surface area contributed by atoms with E-state index in [0.29, 0.717) is 5.82 Å². The van der Waals surface area contributed by atoms with Gasteiger partial charge in [0.2, 0.25) is 11.7 Å². The number of hydrogen-bond donors (Lipinski definition) is 0. The minimum atomic E-state index is -1.14. The molecule has 0 radical (unpaired) electrons. The molecule has 94 valence electrons. The fraction of sp³-hybridized carbons (Fsp3) is 0.250. The van der Waals surface area contributed by atoms with Gasteiger partial charge in [-0.05, 0) is 30.7 Å². The Hall–Kier alpha value is -1.37. The van der Waals surface area contributed by atoms with Crippen molar-refractivity contribution in [2.45, 2.75) is 12.8 Å². The summed E-state index contributed by atoms with van der Waals surface area (Å²) in [6.45, 7) is 0. The molecule has 0 fully saturated rings. The number of aliphatic carboxylic acids is 1. The van der Waals surface area contributed by atoms with Crippen molar-refractivity contribution >= 4 is 5.97 Å². The molecule has 0 amide bonds. The Morgan fingerprint density at radius 3 is 2.63 bits per heavy atom. The van der Waals surface area contributed by atoms with E-state index in [1.165, 1.54) is 0 Å². The van der Waals surface area contributed by atoms with Crippen molar-refractivity contribution in [3.63, 3.8) is 0 Å². The molecule has 0 atom stereocenters. The summed E-state index contributed by atoms with van der Waals surface area (Å²) < 4.78 is 9.98. The number of carboxylic acids is 1. The monoisotopic (exact) mass is 270 g/mol. The standard InChI is InChI=1S/C12H12N2O4.Na/c1-17-9-4-2-8(3-5-9)12-13-10(18-14-12)6-7-11(15)16;/h2-5H,6-7H2,1H3,(H,15,16);/q;+1/p-1. The van der Waals surface area contributed by atoms with Gasteiger partial charge in [-0.15, -0.1) is 0 Å². The van der Waals surface area contributed by atoms with E-state index in [1.807, 2.05) is 0 Å². The van der Waals surface area contributed by atoms with Crippen LogP contribution in [0.15, 0.2) is 28.8 Å². The molecule has 7 heteroatoms. The number of carbonyl (C=O) groups excluding carboxylic acids is 1. The molecular weight excluding hydrogens is 259 g/mol. The zero-order chi connectivity index (χ0) is 13.0. The first-order valence-corrected chi connectivity index (χ1v) is 5.36. The largest absolute Gasteiger partial charge is 1.00 e. The molecule has 0 saturated heterocycles. The van der Waals surface area contributed by atoms with Crippen LogP contribution in [0, 0.1) is 0 Å². The van der Waals surface area contributed by atoms with Crippen molar-refractivity contribution in [1.29, 1.82) is 0 Å². The van der Waals surface area contributed by atoms with Gasteiger partial charge in [-0.1, -0.05) is 5.16 Å². The number of ether oxygens (including phenoxy) is 1. The second-order valence-electron chi connectivity index (χ2n) is 3.61. The molecule has 19 heavy (non-hydrogen) atoms. The van der Waals surface area contributed by atoms with Gasteiger partial charge in [0.05, 0.1) is 7.11 Å². The molecule has 0 spiro atoms. The van der Waals surface area contributed by atoms with E-state index in [9.17, 15) is 9.90 Å². The average molecular weight is 270 g/mol. The molecule has 2 rings (SSSR count). The van der Waals surface area contributed by atoms with E-state index < -0.39 is 5.97 Å². The maximum absolute atomic E-state index is 10.3. The fourth-order valence-corrected chi connectivity index (χ4v) is 1.42. The quantitative estimate of drug-likeness (QED) is 0.555. The number of rotatable bonds is 5. The summed E-state index contributed by atoms with van der Waals surface area (Å²) in [7, 11) is 1.58. The Bertz CT molecular complexity index is 539. The molecule has 1 aromatic carbocycles. The third-order valence-electron chi connectivity index (χ3n) is 2.36. The Labute approximate surface area is 132 Å². The summed E-state index contributed by atoms with van der Waals surface area (Å²) >= 11 is 0. The van der Waals surface area contributed by atoms with Crippen molar-refractivity contribution in [2.24, 2.45) is 0 Å². The van der Waals surface area contributed by atoms with Crippen molar-refractivity contribution in [3.05, 3.63) is 30.2 Å². The van der Waals surface area contributed by atoms with Crippen LogP contribution < -0.4 is 39.4 Å². The predicted octanol–water partition coefficient (Wildman–Crippen LogP) is -2.57. The van der Waals surface area contributed by atoms with Gasteiger partial charge in [-0.3, -0.25) is 0 Å². The molecule has 0 bridgehead atoms. The molecule has 1 aromatic heterocycles. The fourth-order valence-electron chi connectivity index (χ4n) is 1.42. The third-order valence-corrected chi connectivity index (χ3v) is 2.36. The Kier molecular flexibility index (Phi) is 6.01. The molecule has 2 aromatic rings. The minimum Gasteiger partial charge on any atom is -0.550 e. The smallest absolute Gasteiger partial charge is 0.550 e. The van der Waals surface area contributed by atoms with Gasteiger partial charge >= 0.3 is 29.6 Å². The number of nitrogens with zero attached hydrogens (tertiary/aromatic N) is 2. The van der Waals surface area contributed by atoms with E-state index in [1.54, 1.807) is 31.4 Å². The number of hydrogen-bond acceptors (Lipinski definition) is 6. The minimum absolute atomic E-state index is 0. The summed E-state index contributed by atoms with van der Waals surface area (Å²) in [5, 5.41) is 14.1. The number of aryl methyl sites for hydroxylation is 1. The van der Waals surface area contributed by atoms with Crippen molar-refractivity contribution in [1.82, 2.24) is 10.1 Å². The molecule has 0 unspecified atom stereocenters. The number of aromatic nitrogens is 2. The maximum Gasteiger partial charge on any atom is 1.00 e. The van der Waals surface area contributed by atoms with Gasteiger partial charge < -0.3 is 19.2 Å². The summed E-state index contributed by atoms with van der Waals surface area (Å²) in [4.78, 5) is 14.4. The molecule has 0 aliphatic rings. The Morgan fingerprint density at radius 1 is 1.37 bits per heavy atom. The summed E-state index contributed by atoms with van der Waals surface area (Å²) in [5.41, 5.74) is 0.777. The predicted molar refractivity (Wildman–Crippen MR) is 59.6 cm³/mol. The molecular formula is C12H11N2NaO4. The Morgan fingerprint density at radius 2 is 2.05 bits per heavy atom. The zero-order valence-electron chi connectivity index (χ0n) is 10.8. The van der Waals surface area contributed by atoms with E-state index in [0.717, 1.165) is 11.3 Å². The van der Waals surface area contributed by atoms with Gasteiger partial charge in [0.15, 0.2) is 0 Å². The Balaban J connectivity index is 0.00000180. The molecule has 0 aliphatic carbocycles. The van der Waals surface area contributed by atoms with Crippen LogP contribution in [0.1, 0.15) is 12.3 Å².